The maximum atomic E-state index is 12.7. The molecule has 10 heteroatoms. The molecule has 2 aromatic carbocycles. The van der Waals surface area contributed by atoms with Gasteiger partial charge in [-0.3, -0.25) is 0 Å². The summed E-state index contributed by atoms with van der Waals surface area (Å²) in [4.78, 5) is 34.8. The number of ether oxygens (including phenoxy) is 4. The minimum Gasteiger partial charge on any atom is -0.497 e. The Bertz CT molecular complexity index is 1190. The van der Waals surface area contributed by atoms with E-state index in [-0.39, 0.29) is 0 Å². The summed E-state index contributed by atoms with van der Waals surface area (Å²) in [6, 6.07) is 16.0. The Balaban J connectivity index is 0.000000550. The van der Waals surface area contributed by atoms with Crippen molar-refractivity contribution in [1.82, 2.24) is 9.78 Å². The normalized spacial score (nSPS) is 10.1. The third-order valence-corrected chi connectivity index (χ3v) is 5.42. The van der Waals surface area contributed by atoms with Gasteiger partial charge in [-0.2, -0.15) is 9.78 Å². The van der Waals surface area contributed by atoms with Crippen LogP contribution < -0.4 is 4.74 Å². The lowest BCUT2D eigenvalue weighted by Gasteiger charge is -2.08. The first-order chi connectivity index (χ1) is 18.4. The molecule has 0 unspecified atom stereocenters. The minimum atomic E-state index is -0.710. The standard InChI is InChI=1S/C23H24N2O5.C5H9ClO2/c1-4-5-14-30-23(27)25-21(16-10-12-17(28-2)13-11-16)15-20(24-25)18-8-6-7-9-19(18)22(26)29-3;1-2-3-4-8-5(6)7/h6-13,15H,4-5,14H2,1-3H3;2-4H2,1H3. The van der Waals surface area contributed by atoms with Crippen LogP contribution >= 0.6 is 11.6 Å². The number of benzene rings is 2. The smallest absolute Gasteiger partial charge is 0.435 e. The summed E-state index contributed by atoms with van der Waals surface area (Å²) in [5, 5.41) is 4.46. The van der Waals surface area contributed by atoms with Crippen LogP contribution in [0.3, 0.4) is 0 Å². The Morgan fingerprint density at radius 3 is 2.11 bits per heavy atom. The van der Waals surface area contributed by atoms with Crippen LogP contribution in [-0.4, -0.2) is 54.7 Å². The van der Waals surface area contributed by atoms with E-state index in [1.165, 1.54) is 11.8 Å². The number of aromatic nitrogens is 2. The van der Waals surface area contributed by atoms with Gasteiger partial charge in [0.05, 0.1) is 44.4 Å². The van der Waals surface area contributed by atoms with Crippen LogP contribution in [0.5, 0.6) is 5.75 Å². The van der Waals surface area contributed by atoms with Crippen molar-refractivity contribution < 1.29 is 33.3 Å². The zero-order chi connectivity index (χ0) is 27.9. The van der Waals surface area contributed by atoms with Gasteiger partial charge >= 0.3 is 17.5 Å². The Morgan fingerprint density at radius 1 is 0.895 bits per heavy atom. The van der Waals surface area contributed by atoms with Crippen LogP contribution in [0.2, 0.25) is 0 Å². The second-order valence-electron chi connectivity index (χ2n) is 8.00. The molecule has 0 atom stereocenters. The van der Waals surface area contributed by atoms with Crippen molar-refractivity contribution in [2.75, 3.05) is 27.4 Å². The van der Waals surface area contributed by atoms with E-state index in [9.17, 15) is 14.4 Å². The molecule has 204 valence electrons. The second-order valence-corrected chi connectivity index (χ2v) is 8.31. The topological polar surface area (TPSA) is 106 Å². The van der Waals surface area contributed by atoms with E-state index in [4.69, 9.17) is 25.8 Å². The minimum absolute atomic E-state index is 0.311. The van der Waals surface area contributed by atoms with E-state index in [1.807, 2.05) is 26.0 Å². The van der Waals surface area contributed by atoms with Gasteiger partial charge in [-0.25, -0.2) is 14.4 Å². The largest absolute Gasteiger partial charge is 0.497 e. The number of rotatable bonds is 10. The molecule has 1 heterocycles. The van der Waals surface area contributed by atoms with Gasteiger partial charge in [-0.05, 0) is 49.2 Å². The van der Waals surface area contributed by atoms with Crippen molar-refractivity contribution in [2.45, 2.75) is 39.5 Å². The van der Waals surface area contributed by atoms with Gasteiger partial charge in [0, 0.05) is 22.7 Å². The molecule has 3 rings (SSSR count). The average Bonchev–Trinajstić information content (AvgIpc) is 3.38. The van der Waals surface area contributed by atoms with E-state index in [1.54, 1.807) is 49.6 Å². The molecule has 1 aromatic heterocycles. The van der Waals surface area contributed by atoms with E-state index >= 15 is 0 Å². The zero-order valence-corrected chi connectivity index (χ0v) is 22.8. The van der Waals surface area contributed by atoms with Gasteiger partial charge in [0.15, 0.2) is 0 Å². The second kappa shape index (κ2) is 16.1. The number of hydrogen-bond donors (Lipinski definition) is 0. The number of methoxy groups -OCH3 is 2. The molecule has 9 nitrogen and oxygen atoms in total. The highest BCUT2D eigenvalue weighted by molar-refractivity contribution is 6.61. The van der Waals surface area contributed by atoms with E-state index in [0.29, 0.717) is 41.5 Å². The molecular formula is C28H33ClN2O7. The molecule has 0 fully saturated rings. The number of carbonyl (C=O) groups excluding carboxylic acids is 3. The SMILES string of the molecule is CCCCOC(=O)Cl.CCCCOC(=O)n1nc(-c2ccccc2C(=O)OC)cc1-c1ccc(OC)cc1. The Hall–Kier alpha value is -3.85. The molecule has 0 amide bonds. The summed E-state index contributed by atoms with van der Waals surface area (Å²) >= 11 is 4.85. The maximum absolute atomic E-state index is 12.7. The van der Waals surface area contributed by atoms with E-state index < -0.39 is 17.5 Å². The van der Waals surface area contributed by atoms with Crippen LogP contribution in [0, 0.1) is 0 Å². The highest BCUT2D eigenvalue weighted by Crippen LogP contribution is 2.30. The fourth-order valence-corrected chi connectivity index (χ4v) is 3.35. The van der Waals surface area contributed by atoms with Crippen LogP contribution in [0.25, 0.3) is 22.5 Å². The summed E-state index contributed by atoms with van der Waals surface area (Å²) in [5.74, 6) is 0.225. The summed E-state index contributed by atoms with van der Waals surface area (Å²) in [7, 11) is 2.91. The van der Waals surface area contributed by atoms with Crippen molar-refractivity contribution in [1.29, 1.82) is 0 Å². The van der Waals surface area contributed by atoms with Crippen molar-refractivity contribution in [3.8, 4) is 28.3 Å². The number of esters is 1. The van der Waals surface area contributed by atoms with Gasteiger partial charge in [-0.1, -0.05) is 44.9 Å². The van der Waals surface area contributed by atoms with Gasteiger partial charge in [0.2, 0.25) is 0 Å². The van der Waals surface area contributed by atoms with E-state index in [0.717, 1.165) is 31.2 Å². The van der Waals surface area contributed by atoms with Gasteiger partial charge < -0.3 is 18.9 Å². The first-order valence-electron chi connectivity index (χ1n) is 12.3. The zero-order valence-electron chi connectivity index (χ0n) is 22.1. The first kappa shape index (κ1) is 30.4. The van der Waals surface area contributed by atoms with Crippen LogP contribution in [-0.2, 0) is 14.2 Å². The molecule has 0 aliphatic heterocycles. The first-order valence-corrected chi connectivity index (χ1v) is 12.7. The van der Waals surface area contributed by atoms with Crippen LogP contribution in [0.1, 0.15) is 49.9 Å². The molecule has 38 heavy (non-hydrogen) atoms. The molecule has 0 saturated carbocycles. The summed E-state index contributed by atoms with van der Waals surface area (Å²) in [6.45, 7) is 4.79. The average molecular weight is 545 g/mol. The molecule has 0 radical (unpaired) electrons. The van der Waals surface area contributed by atoms with Gasteiger partial charge in [0.1, 0.15) is 5.75 Å². The predicted molar refractivity (Wildman–Crippen MR) is 145 cm³/mol. The molecule has 0 bridgehead atoms. The van der Waals surface area contributed by atoms with Crippen LogP contribution in [0.4, 0.5) is 9.59 Å². The van der Waals surface area contributed by atoms with Crippen molar-refractivity contribution in [2.24, 2.45) is 0 Å². The van der Waals surface area contributed by atoms with Crippen molar-refractivity contribution >= 4 is 29.1 Å². The van der Waals surface area contributed by atoms with E-state index in [2.05, 4.69) is 9.84 Å². The Kier molecular flexibility index (Phi) is 12.9. The fraction of sp³-hybridized carbons (Fsp3) is 0.357. The third kappa shape index (κ3) is 8.92. The quantitative estimate of drug-likeness (QED) is 0.117. The lowest BCUT2D eigenvalue weighted by atomic mass is 10.0. The molecule has 0 N–H and O–H groups in total. The van der Waals surface area contributed by atoms with Crippen LogP contribution in [0.15, 0.2) is 54.6 Å². The molecule has 3 aromatic rings. The highest BCUT2D eigenvalue weighted by atomic mass is 35.5. The Labute approximate surface area is 227 Å². The van der Waals surface area contributed by atoms with Gasteiger partial charge in [-0.15, -0.1) is 0 Å². The van der Waals surface area contributed by atoms with Crippen molar-refractivity contribution in [3.05, 3.63) is 60.2 Å². The highest BCUT2D eigenvalue weighted by Gasteiger charge is 2.21. The lowest BCUT2D eigenvalue weighted by Crippen LogP contribution is -2.17. The monoisotopic (exact) mass is 544 g/mol. The molecular weight excluding hydrogens is 512 g/mol. The molecule has 0 aliphatic rings. The third-order valence-electron chi connectivity index (χ3n) is 5.31. The lowest BCUT2D eigenvalue weighted by molar-refractivity contribution is 0.0601. The number of hydrogen-bond acceptors (Lipinski definition) is 8. The number of carbonyl (C=O) groups is 3. The summed E-state index contributed by atoms with van der Waals surface area (Å²) in [5.41, 5.74) is 2.00. The molecule has 0 aliphatic carbocycles. The molecule has 0 spiro atoms. The number of halogens is 1. The van der Waals surface area contributed by atoms with Gasteiger partial charge in [0.25, 0.3) is 0 Å². The van der Waals surface area contributed by atoms with Crippen molar-refractivity contribution in [3.63, 3.8) is 0 Å². The Morgan fingerprint density at radius 2 is 1.53 bits per heavy atom. The fourth-order valence-electron chi connectivity index (χ4n) is 3.28. The number of nitrogens with zero attached hydrogens (tertiary/aromatic N) is 2. The number of unbranched alkanes of at least 4 members (excludes halogenated alkanes) is 2. The summed E-state index contributed by atoms with van der Waals surface area (Å²) < 4.78 is 21.1. The summed E-state index contributed by atoms with van der Waals surface area (Å²) in [6.07, 6.45) is 3.01. The maximum Gasteiger partial charge on any atom is 0.435 e. The predicted octanol–water partition coefficient (Wildman–Crippen LogP) is 6.96. The molecule has 0 saturated heterocycles.